The summed E-state index contributed by atoms with van der Waals surface area (Å²) in [5.74, 6) is -3.15. The van der Waals surface area contributed by atoms with Gasteiger partial charge < -0.3 is 10.5 Å². The molecule has 0 bridgehead atoms. The van der Waals surface area contributed by atoms with Crippen LogP contribution in [0.2, 0.25) is 0 Å². The fourth-order valence-corrected chi connectivity index (χ4v) is 0.949. The van der Waals surface area contributed by atoms with Crippen molar-refractivity contribution in [3.63, 3.8) is 0 Å². The second kappa shape index (κ2) is 5.02. The molecule has 2 N–H and O–H groups in total. The Hall–Kier alpha value is -1.23. The van der Waals surface area contributed by atoms with Crippen LogP contribution in [0.5, 0.6) is 5.75 Å². The van der Waals surface area contributed by atoms with E-state index in [9.17, 15) is 13.2 Å². The minimum atomic E-state index is -3.42. The molecule has 15 heavy (non-hydrogen) atoms. The van der Waals surface area contributed by atoms with Gasteiger partial charge >= 0.3 is 5.92 Å². The predicted octanol–water partition coefficient (Wildman–Crippen LogP) is 2.13. The zero-order chi connectivity index (χ0) is 11.3. The van der Waals surface area contributed by atoms with Crippen molar-refractivity contribution in [2.75, 3.05) is 13.3 Å². The summed E-state index contributed by atoms with van der Waals surface area (Å²) in [6, 6.07) is 6.39. The van der Waals surface area contributed by atoms with Crippen molar-refractivity contribution in [2.45, 2.75) is 12.5 Å². The maximum atomic E-state index is 12.5. The highest BCUT2D eigenvalue weighted by molar-refractivity contribution is 5.27. The van der Waals surface area contributed by atoms with Gasteiger partial charge in [-0.1, -0.05) is 12.1 Å². The Bertz CT molecular complexity index is 300. The fourth-order valence-electron chi connectivity index (χ4n) is 0.949. The molecule has 0 aliphatic rings. The molecule has 84 valence electrons. The third-order valence-electron chi connectivity index (χ3n) is 1.80. The standard InChI is InChI=1S/C10H12F3NO/c11-6-10(12,13)7-15-9-3-1-8(5-14)2-4-9/h1-4H,5-7,14H2. The second-order valence-electron chi connectivity index (χ2n) is 3.13. The van der Waals surface area contributed by atoms with E-state index in [0.717, 1.165) is 5.56 Å². The van der Waals surface area contributed by atoms with Crippen LogP contribution in [0.3, 0.4) is 0 Å². The van der Waals surface area contributed by atoms with E-state index in [1.807, 2.05) is 0 Å². The van der Waals surface area contributed by atoms with E-state index in [0.29, 0.717) is 6.54 Å². The molecule has 0 amide bonds. The van der Waals surface area contributed by atoms with E-state index in [4.69, 9.17) is 10.5 Å². The van der Waals surface area contributed by atoms with E-state index in [2.05, 4.69) is 0 Å². The van der Waals surface area contributed by atoms with Crippen LogP contribution < -0.4 is 10.5 Å². The summed E-state index contributed by atoms with van der Waals surface area (Å²) >= 11 is 0. The first-order valence-electron chi connectivity index (χ1n) is 4.43. The minimum Gasteiger partial charge on any atom is -0.487 e. The van der Waals surface area contributed by atoms with Gasteiger partial charge in [-0.3, -0.25) is 0 Å². The number of hydrogen-bond acceptors (Lipinski definition) is 2. The zero-order valence-corrected chi connectivity index (χ0v) is 8.05. The summed E-state index contributed by atoms with van der Waals surface area (Å²) in [4.78, 5) is 0. The average molecular weight is 219 g/mol. The zero-order valence-electron chi connectivity index (χ0n) is 8.05. The van der Waals surface area contributed by atoms with Gasteiger partial charge in [0.25, 0.3) is 0 Å². The molecular weight excluding hydrogens is 207 g/mol. The summed E-state index contributed by atoms with van der Waals surface area (Å²) in [6.45, 7) is -2.29. The van der Waals surface area contributed by atoms with E-state index in [1.165, 1.54) is 12.1 Å². The number of rotatable bonds is 5. The molecule has 0 saturated heterocycles. The maximum Gasteiger partial charge on any atom is 0.309 e. The van der Waals surface area contributed by atoms with Crippen LogP contribution >= 0.6 is 0 Å². The van der Waals surface area contributed by atoms with Gasteiger partial charge in [-0.2, -0.15) is 8.78 Å². The van der Waals surface area contributed by atoms with Crippen molar-refractivity contribution < 1.29 is 17.9 Å². The number of hydrogen-bond donors (Lipinski definition) is 1. The minimum absolute atomic E-state index is 0.278. The predicted molar refractivity (Wildman–Crippen MR) is 50.8 cm³/mol. The number of halogens is 3. The van der Waals surface area contributed by atoms with Crippen LogP contribution in [-0.4, -0.2) is 19.2 Å². The molecule has 0 aliphatic heterocycles. The van der Waals surface area contributed by atoms with Crippen LogP contribution in [-0.2, 0) is 6.54 Å². The summed E-state index contributed by atoms with van der Waals surface area (Å²) in [5, 5.41) is 0. The Balaban J connectivity index is 2.51. The quantitative estimate of drug-likeness (QED) is 0.823. The van der Waals surface area contributed by atoms with Gasteiger partial charge in [-0.15, -0.1) is 0 Å². The third kappa shape index (κ3) is 3.79. The van der Waals surface area contributed by atoms with Gasteiger partial charge in [0.2, 0.25) is 0 Å². The Morgan fingerprint density at radius 3 is 2.27 bits per heavy atom. The van der Waals surface area contributed by atoms with Crippen molar-refractivity contribution in [3.05, 3.63) is 29.8 Å². The highest BCUT2D eigenvalue weighted by atomic mass is 19.3. The lowest BCUT2D eigenvalue weighted by molar-refractivity contribution is -0.0584. The largest absolute Gasteiger partial charge is 0.487 e. The lowest BCUT2D eigenvalue weighted by atomic mass is 10.2. The van der Waals surface area contributed by atoms with Gasteiger partial charge in [0.15, 0.2) is 13.3 Å². The summed E-state index contributed by atoms with van der Waals surface area (Å²) < 4.78 is 41.4. The Kier molecular flexibility index (Phi) is 3.96. The first kappa shape index (κ1) is 11.8. The molecule has 2 nitrogen and oxygen atoms in total. The van der Waals surface area contributed by atoms with Gasteiger partial charge in [0.1, 0.15) is 5.75 Å². The lowest BCUT2D eigenvalue weighted by Gasteiger charge is -2.13. The molecule has 0 aliphatic carbocycles. The van der Waals surface area contributed by atoms with E-state index in [-0.39, 0.29) is 5.75 Å². The molecule has 1 aromatic carbocycles. The molecule has 0 saturated carbocycles. The van der Waals surface area contributed by atoms with E-state index in [1.54, 1.807) is 12.1 Å². The molecular formula is C10H12F3NO. The molecule has 0 atom stereocenters. The molecule has 0 unspecified atom stereocenters. The van der Waals surface area contributed by atoms with Crippen molar-refractivity contribution in [3.8, 4) is 5.75 Å². The molecule has 0 aromatic heterocycles. The highest BCUT2D eigenvalue weighted by Crippen LogP contribution is 2.18. The first-order chi connectivity index (χ1) is 7.07. The maximum absolute atomic E-state index is 12.5. The number of alkyl halides is 3. The SMILES string of the molecule is NCc1ccc(OCC(F)(F)CF)cc1. The smallest absolute Gasteiger partial charge is 0.309 e. The second-order valence-corrected chi connectivity index (χ2v) is 3.13. The van der Waals surface area contributed by atoms with Crippen molar-refractivity contribution in [1.29, 1.82) is 0 Å². The van der Waals surface area contributed by atoms with Crippen molar-refractivity contribution >= 4 is 0 Å². The van der Waals surface area contributed by atoms with Crippen molar-refractivity contribution in [1.82, 2.24) is 0 Å². The van der Waals surface area contributed by atoms with Crippen molar-refractivity contribution in [2.24, 2.45) is 5.73 Å². The number of nitrogens with two attached hydrogens (primary N) is 1. The van der Waals surface area contributed by atoms with Gasteiger partial charge in [0.05, 0.1) is 0 Å². The van der Waals surface area contributed by atoms with Gasteiger partial charge in [0, 0.05) is 6.54 Å². The Labute approximate surface area is 85.8 Å². The van der Waals surface area contributed by atoms with Gasteiger partial charge in [-0.05, 0) is 17.7 Å². The molecule has 5 heteroatoms. The molecule has 0 heterocycles. The summed E-state index contributed by atoms with van der Waals surface area (Å²) in [7, 11) is 0. The molecule has 0 spiro atoms. The van der Waals surface area contributed by atoms with Crippen LogP contribution in [0.15, 0.2) is 24.3 Å². The highest BCUT2D eigenvalue weighted by Gasteiger charge is 2.29. The first-order valence-corrected chi connectivity index (χ1v) is 4.43. The molecule has 1 aromatic rings. The number of ether oxygens (including phenoxy) is 1. The Morgan fingerprint density at radius 2 is 1.80 bits per heavy atom. The normalized spacial score (nSPS) is 11.5. The summed E-state index contributed by atoms with van der Waals surface area (Å²) in [6.07, 6.45) is 0. The topological polar surface area (TPSA) is 35.2 Å². The van der Waals surface area contributed by atoms with Crippen LogP contribution in [0.4, 0.5) is 13.2 Å². The third-order valence-corrected chi connectivity index (χ3v) is 1.80. The van der Waals surface area contributed by atoms with Crippen LogP contribution in [0.25, 0.3) is 0 Å². The molecule has 0 fully saturated rings. The molecule has 1 rings (SSSR count). The summed E-state index contributed by atoms with van der Waals surface area (Å²) in [5.41, 5.74) is 6.23. The van der Waals surface area contributed by atoms with E-state index >= 15 is 0 Å². The van der Waals surface area contributed by atoms with Crippen LogP contribution in [0.1, 0.15) is 5.56 Å². The number of benzene rings is 1. The van der Waals surface area contributed by atoms with Crippen LogP contribution in [0, 0.1) is 0 Å². The van der Waals surface area contributed by atoms with E-state index < -0.39 is 19.2 Å². The fraction of sp³-hybridized carbons (Fsp3) is 0.400. The lowest BCUT2D eigenvalue weighted by Crippen LogP contribution is -2.27. The molecule has 0 radical (unpaired) electrons. The van der Waals surface area contributed by atoms with Gasteiger partial charge in [-0.25, -0.2) is 4.39 Å². The average Bonchev–Trinajstić information content (AvgIpc) is 2.27. The monoisotopic (exact) mass is 219 g/mol. The Morgan fingerprint density at radius 1 is 1.20 bits per heavy atom.